The van der Waals surface area contributed by atoms with Crippen molar-refractivity contribution >= 4 is 9.84 Å². The molecule has 3 aromatic carbocycles. The fraction of sp³-hybridized carbons (Fsp3) is 0.185. The first-order chi connectivity index (χ1) is 16.4. The molecule has 0 amide bonds. The highest BCUT2D eigenvalue weighted by atomic mass is 32.2. The fourth-order valence-electron chi connectivity index (χ4n) is 3.77. The summed E-state index contributed by atoms with van der Waals surface area (Å²) in [6.45, 7) is 2.81. The average molecular weight is 472 g/mol. The minimum atomic E-state index is -3.31. The highest BCUT2D eigenvalue weighted by Gasteiger charge is 2.21. The average Bonchev–Trinajstić information content (AvgIpc) is 3.18. The van der Waals surface area contributed by atoms with Gasteiger partial charge in [-0.1, -0.05) is 72.3 Å². The molecule has 0 spiro atoms. The van der Waals surface area contributed by atoms with Gasteiger partial charge in [0.15, 0.2) is 9.84 Å². The number of sulfone groups is 1. The van der Waals surface area contributed by atoms with Crippen molar-refractivity contribution in [2.24, 2.45) is 0 Å². The number of ether oxygens (including phenoxy) is 1. The molecule has 172 valence electrons. The van der Waals surface area contributed by atoms with E-state index in [1.807, 2.05) is 61.5 Å². The van der Waals surface area contributed by atoms with Crippen LogP contribution in [0.2, 0.25) is 0 Å². The van der Waals surface area contributed by atoms with E-state index in [4.69, 9.17) is 9.84 Å². The van der Waals surface area contributed by atoms with E-state index >= 15 is 0 Å². The molecule has 0 aliphatic heterocycles. The molecule has 0 aliphatic rings. The van der Waals surface area contributed by atoms with Crippen LogP contribution < -0.4 is 0 Å². The zero-order valence-electron chi connectivity index (χ0n) is 19.1. The highest BCUT2D eigenvalue weighted by molar-refractivity contribution is 7.90. The lowest BCUT2D eigenvalue weighted by atomic mass is 9.98. The number of nitriles is 1. The van der Waals surface area contributed by atoms with Crippen molar-refractivity contribution in [2.75, 3.05) is 6.26 Å². The standard InChI is InChI=1S/C27H25N3O3S/c1-20-8-10-22(11-9-20)26-25(19-33-18-21-6-4-3-5-7-21)30(17-16-28)29-27(26)23-12-14-24(15-13-23)34(2,31)32/h3-15H,17-19H2,1-2H3. The van der Waals surface area contributed by atoms with E-state index in [0.29, 0.717) is 12.3 Å². The Bertz CT molecular complexity index is 1420. The Kier molecular flexibility index (Phi) is 6.92. The molecular weight excluding hydrogens is 446 g/mol. The number of nitrogens with zero attached hydrogens (tertiary/aromatic N) is 3. The van der Waals surface area contributed by atoms with Crippen LogP contribution in [0.4, 0.5) is 0 Å². The number of aromatic nitrogens is 2. The van der Waals surface area contributed by atoms with E-state index in [-0.39, 0.29) is 18.0 Å². The Morgan fingerprint density at radius 3 is 2.18 bits per heavy atom. The molecule has 1 aromatic heterocycles. The summed E-state index contributed by atoms with van der Waals surface area (Å²) in [5, 5.41) is 14.2. The lowest BCUT2D eigenvalue weighted by molar-refractivity contribution is 0.102. The Balaban J connectivity index is 1.79. The van der Waals surface area contributed by atoms with Crippen molar-refractivity contribution in [3.63, 3.8) is 0 Å². The van der Waals surface area contributed by atoms with Gasteiger partial charge in [0.1, 0.15) is 12.2 Å². The van der Waals surface area contributed by atoms with Crippen LogP contribution in [0.15, 0.2) is 83.8 Å². The summed E-state index contributed by atoms with van der Waals surface area (Å²) in [6, 6.07) is 26.9. The zero-order valence-corrected chi connectivity index (χ0v) is 19.9. The van der Waals surface area contributed by atoms with Gasteiger partial charge in [-0.3, -0.25) is 4.68 Å². The monoisotopic (exact) mass is 471 g/mol. The Morgan fingerprint density at radius 2 is 1.56 bits per heavy atom. The van der Waals surface area contributed by atoms with Crippen molar-refractivity contribution in [3.05, 3.63) is 95.7 Å². The third-order valence-electron chi connectivity index (χ3n) is 5.52. The molecule has 6 nitrogen and oxygen atoms in total. The van der Waals surface area contributed by atoms with Crippen LogP contribution in [0, 0.1) is 18.3 Å². The van der Waals surface area contributed by atoms with E-state index < -0.39 is 9.84 Å². The molecule has 34 heavy (non-hydrogen) atoms. The summed E-state index contributed by atoms with van der Waals surface area (Å²) in [4.78, 5) is 0.246. The predicted molar refractivity (Wildman–Crippen MR) is 131 cm³/mol. The molecule has 0 atom stereocenters. The van der Waals surface area contributed by atoms with E-state index in [1.54, 1.807) is 28.9 Å². The van der Waals surface area contributed by atoms with Crippen LogP contribution in [0.5, 0.6) is 0 Å². The molecule has 0 bridgehead atoms. The van der Waals surface area contributed by atoms with Crippen LogP contribution in [0.3, 0.4) is 0 Å². The fourth-order valence-corrected chi connectivity index (χ4v) is 4.40. The molecule has 0 N–H and O–H groups in total. The molecular formula is C27H25N3O3S. The summed E-state index contributed by atoms with van der Waals surface area (Å²) in [6.07, 6.45) is 1.18. The third kappa shape index (κ3) is 5.25. The number of benzene rings is 3. The first-order valence-corrected chi connectivity index (χ1v) is 12.7. The molecule has 1 heterocycles. The van der Waals surface area contributed by atoms with Gasteiger partial charge in [0, 0.05) is 17.4 Å². The lowest BCUT2D eigenvalue weighted by Gasteiger charge is -2.10. The summed E-state index contributed by atoms with van der Waals surface area (Å²) in [5.41, 5.74) is 6.26. The van der Waals surface area contributed by atoms with Gasteiger partial charge in [0.05, 0.1) is 29.9 Å². The molecule has 0 unspecified atom stereocenters. The first-order valence-electron chi connectivity index (χ1n) is 10.8. The van der Waals surface area contributed by atoms with Crippen LogP contribution >= 0.6 is 0 Å². The van der Waals surface area contributed by atoms with Crippen LogP contribution in [0.25, 0.3) is 22.4 Å². The number of hydrogen-bond acceptors (Lipinski definition) is 5. The second kappa shape index (κ2) is 10.0. The number of aryl methyl sites for hydroxylation is 1. The molecule has 0 aliphatic carbocycles. The molecule has 0 saturated heterocycles. The van der Waals surface area contributed by atoms with Gasteiger partial charge in [0.25, 0.3) is 0 Å². The number of rotatable bonds is 8. The van der Waals surface area contributed by atoms with Gasteiger partial charge in [-0.05, 0) is 30.2 Å². The minimum Gasteiger partial charge on any atom is -0.370 e. The quantitative estimate of drug-likeness (QED) is 0.354. The van der Waals surface area contributed by atoms with Crippen LogP contribution in [-0.4, -0.2) is 24.5 Å². The smallest absolute Gasteiger partial charge is 0.175 e. The van der Waals surface area contributed by atoms with Gasteiger partial charge >= 0.3 is 0 Å². The first kappa shape index (κ1) is 23.4. The van der Waals surface area contributed by atoms with E-state index in [1.165, 1.54) is 6.26 Å². The zero-order chi connectivity index (χ0) is 24.1. The molecule has 0 fully saturated rings. The number of hydrogen-bond donors (Lipinski definition) is 0. The van der Waals surface area contributed by atoms with Crippen molar-refractivity contribution in [2.45, 2.75) is 31.6 Å². The maximum absolute atomic E-state index is 11.9. The van der Waals surface area contributed by atoms with Gasteiger partial charge in [0.2, 0.25) is 0 Å². The second-order valence-corrected chi connectivity index (χ2v) is 10.1. The Hall–Kier alpha value is -3.73. The van der Waals surface area contributed by atoms with Crippen molar-refractivity contribution in [3.8, 4) is 28.5 Å². The molecule has 4 aromatic rings. The van der Waals surface area contributed by atoms with Gasteiger partial charge in [-0.25, -0.2) is 8.42 Å². The van der Waals surface area contributed by atoms with E-state index in [9.17, 15) is 13.7 Å². The summed E-state index contributed by atoms with van der Waals surface area (Å²) in [5.74, 6) is 0. The van der Waals surface area contributed by atoms with Crippen LogP contribution in [-0.2, 0) is 34.3 Å². The molecule has 0 radical (unpaired) electrons. The Morgan fingerprint density at radius 1 is 0.912 bits per heavy atom. The van der Waals surface area contributed by atoms with Crippen molar-refractivity contribution < 1.29 is 13.2 Å². The van der Waals surface area contributed by atoms with E-state index in [0.717, 1.165) is 33.5 Å². The second-order valence-electron chi connectivity index (χ2n) is 8.13. The van der Waals surface area contributed by atoms with Crippen molar-refractivity contribution in [1.29, 1.82) is 5.26 Å². The molecule has 0 saturated carbocycles. The molecule has 4 rings (SSSR count). The summed E-state index contributed by atoms with van der Waals surface area (Å²) >= 11 is 0. The van der Waals surface area contributed by atoms with Gasteiger partial charge in [-0.2, -0.15) is 10.4 Å². The highest BCUT2D eigenvalue weighted by Crippen LogP contribution is 2.36. The summed E-state index contributed by atoms with van der Waals surface area (Å²) < 4.78 is 31.5. The molecule has 7 heteroatoms. The maximum Gasteiger partial charge on any atom is 0.175 e. The largest absolute Gasteiger partial charge is 0.370 e. The lowest BCUT2D eigenvalue weighted by Crippen LogP contribution is -2.06. The van der Waals surface area contributed by atoms with E-state index in [2.05, 4.69) is 6.07 Å². The normalized spacial score (nSPS) is 11.3. The van der Waals surface area contributed by atoms with Crippen molar-refractivity contribution in [1.82, 2.24) is 9.78 Å². The minimum absolute atomic E-state index is 0.0737. The topological polar surface area (TPSA) is 85.0 Å². The Labute approximate surface area is 200 Å². The summed E-state index contributed by atoms with van der Waals surface area (Å²) in [7, 11) is -3.31. The van der Waals surface area contributed by atoms with Gasteiger partial charge in [-0.15, -0.1) is 0 Å². The predicted octanol–water partition coefficient (Wildman–Crippen LogP) is 5.17. The van der Waals surface area contributed by atoms with Crippen LogP contribution in [0.1, 0.15) is 16.8 Å². The SMILES string of the molecule is Cc1ccc(-c2c(-c3ccc(S(C)(=O)=O)cc3)nn(CC#N)c2COCc2ccccc2)cc1. The third-order valence-corrected chi connectivity index (χ3v) is 6.65. The van der Waals surface area contributed by atoms with Gasteiger partial charge < -0.3 is 4.74 Å². The maximum atomic E-state index is 11.9.